The molecule has 0 saturated carbocycles. The highest BCUT2D eigenvalue weighted by molar-refractivity contribution is 7.96. The van der Waals surface area contributed by atoms with Crippen LogP contribution in [0.25, 0.3) is 0 Å². The number of methoxy groups -OCH3 is 1. The Hall–Kier alpha value is -3.09. The number of hydrogen-bond acceptors (Lipinski definition) is 5. The van der Waals surface area contributed by atoms with Gasteiger partial charge in [0.05, 0.1) is 22.7 Å². The lowest BCUT2D eigenvalue weighted by Gasteiger charge is -2.29. The molecule has 3 aromatic carbocycles. The molecular weight excluding hydrogens is 434 g/mol. The summed E-state index contributed by atoms with van der Waals surface area (Å²) in [7, 11) is -2.49. The van der Waals surface area contributed by atoms with E-state index in [1.807, 2.05) is 13.0 Å². The highest BCUT2D eigenvalue weighted by Crippen LogP contribution is 2.42. The number of Topliss-reactive ketones (excluding diaryl/α,β-unsaturated/α-hetero) is 1. The Morgan fingerprint density at radius 2 is 1.74 bits per heavy atom. The summed E-state index contributed by atoms with van der Waals surface area (Å²) >= 11 is 6.30. The molecule has 158 valence electrons. The minimum atomic E-state index is -4.01. The second kappa shape index (κ2) is 7.87. The minimum Gasteiger partial charge on any atom is -0.495 e. The number of rotatable bonds is 4. The Balaban J connectivity index is 1.92. The first-order chi connectivity index (χ1) is 14.7. The van der Waals surface area contributed by atoms with Crippen molar-refractivity contribution in [3.63, 3.8) is 0 Å². The van der Waals surface area contributed by atoms with E-state index in [1.165, 1.54) is 19.4 Å². The topological polar surface area (TPSA) is 63.7 Å². The molecule has 0 radical (unpaired) electrons. The number of halogens is 1. The average molecular weight is 454 g/mol. The van der Waals surface area contributed by atoms with E-state index < -0.39 is 15.6 Å². The summed E-state index contributed by atoms with van der Waals surface area (Å²) in [6, 6.07) is 17.0. The van der Waals surface area contributed by atoms with Gasteiger partial charge in [0.2, 0.25) is 15.6 Å². The number of allylic oxidation sites excluding steroid dienone is 1. The fraction of sp³-hybridized carbons (Fsp3) is 0.125. The number of ketones is 1. The van der Waals surface area contributed by atoms with Crippen molar-refractivity contribution >= 4 is 38.6 Å². The lowest BCUT2D eigenvalue weighted by molar-refractivity contribution is 0.104. The van der Waals surface area contributed by atoms with Gasteiger partial charge in [-0.05, 0) is 49.7 Å². The van der Waals surface area contributed by atoms with Gasteiger partial charge in [0.1, 0.15) is 10.7 Å². The SMILES string of the molecule is COc1ccc(N2C=C(C(=O)c3ccc(C)cc3C)S(=O)(=O)c3ccccc32)cc1Cl. The van der Waals surface area contributed by atoms with Gasteiger partial charge in [-0.3, -0.25) is 4.79 Å². The maximum atomic E-state index is 13.4. The summed E-state index contributed by atoms with van der Waals surface area (Å²) < 4.78 is 32.0. The van der Waals surface area contributed by atoms with Crippen LogP contribution in [-0.2, 0) is 9.84 Å². The van der Waals surface area contributed by atoms with Crippen LogP contribution in [0.3, 0.4) is 0 Å². The number of nitrogens with zero attached hydrogens (tertiary/aromatic N) is 1. The number of benzene rings is 3. The lowest BCUT2D eigenvalue weighted by Crippen LogP contribution is -2.26. The molecule has 0 atom stereocenters. The Bertz CT molecular complexity index is 1350. The maximum Gasteiger partial charge on any atom is 0.214 e. The van der Waals surface area contributed by atoms with Crippen LogP contribution in [-0.4, -0.2) is 21.3 Å². The molecule has 1 aliphatic heterocycles. The molecule has 0 N–H and O–H groups in total. The van der Waals surface area contributed by atoms with E-state index >= 15 is 0 Å². The van der Waals surface area contributed by atoms with Gasteiger partial charge in [0, 0.05) is 17.5 Å². The fourth-order valence-corrected chi connectivity index (χ4v) is 5.45. The van der Waals surface area contributed by atoms with Gasteiger partial charge in [-0.15, -0.1) is 0 Å². The third-order valence-electron chi connectivity index (χ3n) is 5.21. The van der Waals surface area contributed by atoms with Gasteiger partial charge < -0.3 is 9.64 Å². The van der Waals surface area contributed by atoms with Gasteiger partial charge in [0.15, 0.2) is 0 Å². The van der Waals surface area contributed by atoms with E-state index in [2.05, 4.69) is 0 Å². The van der Waals surface area contributed by atoms with E-state index in [0.29, 0.717) is 27.7 Å². The van der Waals surface area contributed by atoms with Crippen molar-refractivity contribution in [3.8, 4) is 5.75 Å². The van der Waals surface area contributed by atoms with Crippen LogP contribution in [0.1, 0.15) is 21.5 Å². The zero-order chi connectivity index (χ0) is 22.3. The summed E-state index contributed by atoms with van der Waals surface area (Å²) in [6.45, 7) is 3.72. The van der Waals surface area contributed by atoms with Crippen LogP contribution in [0, 0.1) is 13.8 Å². The smallest absolute Gasteiger partial charge is 0.214 e. The van der Waals surface area contributed by atoms with Crippen LogP contribution < -0.4 is 9.64 Å². The van der Waals surface area contributed by atoms with Crippen molar-refractivity contribution in [3.05, 3.63) is 93.5 Å². The number of hydrogen-bond donors (Lipinski definition) is 0. The molecule has 1 heterocycles. The largest absolute Gasteiger partial charge is 0.495 e. The van der Waals surface area contributed by atoms with Crippen LogP contribution in [0.5, 0.6) is 5.75 Å². The molecule has 1 aliphatic rings. The number of carbonyl (C=O) groups excluding carboxylic acids is 1. The second-order valence-electron chi connectivity index (χ2n) is 7.30. The molecule has 0 aliphatic carbocycles. The first kappa shape index (κ1) is 21.2. The predicted octanol–water partition coefficient (Wildman–Crippen LogP) is 5.62. The fourth-order valence-electron chi connectivity index (χ4n) is 3.66. The monoisotopic (exact) mass is 453 g/mol. The van der Waals surface area contributed by atoms with E-state index in [4.69, 9.17) is 16.3 Å². The van der Waals surface area contributed by atoms with Crippen LogP contribution in [0.2, 0.25) is 5.02 Å². The predicted molar refractivity (Wildman–Crippen MR) is 122 cm³/mol. The molecule has 0 saturated heterocycles. The summed E-state index contributed by atoms with van der Waals surface area (Å²) in [5.41, 5.74) is 3.13. The van der Waals surface area contributed by atoms with Crippen molar-refractivity contribution in [2.75, 3.05) is 12.0 Å². The third-order valence-corrected chi connectivity index (χ3v) is 7.30. The molecule has 0 aromatic heterocycles. The quantitative estimate of drug-likeness (QED) is 0.480. The minimum absolute atomic E-state index is 0.0672. The number of sulfone groups is 1. The molecule has 3 aromatic rings. The molecule has 31 heavy (non-hydrogen) atoms. The van der Waals surface area contributed by atoms with E-state index in [-0.39, 0.29) is 9.80 Å². The molecule has 5 nitrogen and oxygen atoms in total. The normalized spacial score (nSPS) is 14.6. The van der Waals surface area contributed by atoms with Crippen LogP contribution in [0.4, 0.5) is 11.4 Å². The standard InChI is InChI=1S/C24H20ClNO4S/c1-15-8-10-18(16(2)12-15)24(27)23-14-26(17-9-11-21(30-3)19(25)13-17)20-6-4-5-7-22(20)31(23,28)29/h4-14H,1-3H3. The first-order valence-corrected chi connectivity index (χ1v) is 11.4. The second-order valence-corrected chi connectivity index (χ2v) is 9.59. The van der Waals surface area contributed by atoms with Crippen molar-refractivity contribution in [2.45, 2.75) is 18.7 Å². The molecular formula is C24H20ClNO4S. The lowest BCUT2D eigenvalue weighted by atomic mass is 10.0. The number of para-hydroxylation sites is 1. The Labute approximate surface area is 186 Å². The highest BCUT2D eigenvalue weighted by atomic mass is 35.5. The number of aryl methyl sites for hydroxylation is 2. The molecule has 0 fully saturated rings. The Morgan fingerprint density at radius 3 is 2.42 bits per heavy atom. The number of carbonyl (C=O) groups is 1. The highest BCUT2D eigenvalue weighted by Gasteiger charge is 2.36. The summed E-state index contributed by atoms with van der Waals surface area (Å²) in [5.74, 6) is -0.0458. The Morgan fingerprint density at radius 1 is 1.00 bits per heavy atom. The zero-order valence-electron chi connectivity index (χ0n) is 17.2. The van der Waals surface area contributed by atoms with Crippen molar-refractivity contribution < 1.29 is 17.9 Å². The molecule has 0 bridgehead atoms. The molecule has 0 unspecified atom stereocenters. The number of fused-ring (bicyclic) bond motifs is 1. The zero-order valence-corrected chi connectivity index (χ0v) is 18.8. The Kier molecular flexibility index (Phi) is 5.37. The van der Waals surface area contributed by atoms with Gasteiger partial charge in [-0.1, -0.05) is 47.5 Å². The van der Waals surface area contributed by atoms with Crippen LogP contribution >= 0.6 is 11.6 Å². The molecule has 0 spiro atoms. The molecule has 4 rings (SSSR count). The third kappa shape index (κ3) is 3.62. The summed E-state index contributed by atoms with van der Waals surface area (Å²) in [5, 5.41) is 0.376. The van der Waals surface area contributed by atoms with Gasteiger partial charge in [-0.2, -0.15) is 0 Å². The number of ether oxygens (including phenoxy) is 1. The average Bonchev–Trinajstić information content (AvgIpc) is 2.73. The first-order valence-electron chi connectivity index (χ1n) is 9.54. The summed E-state index contributed by atoms with van der Waals surface area (Å²) in [4.78, 5) is 14.8. The number of anilines is 2. The van der Waals surface area contributed by atoms with Crippen LogP contribution in [0.15, 0.2) is 76.7 Å². The van der Waals surface area contributed by atoms with E-state index in [9.17, 15) is 13.2 Å². The van der Waals surface area contributed by atoms with E-state index in [0.717, 1.165) is 11.1 Å². The van der Waals surface area contributed by atoms with Crippen molar-refractivity contribution in [1.29, 1.82) is 0 Å². The van der Waals surface area contributed by atoms with Crippen molar-refractivity contribution in [2.24, 2.45) is 0 Å². The summed E-state index contributed by atoms with van der Waals surface area (Å²) in [6.07, 6.45) is 1.37. The van der Waals surface area contributed by atoms with Crippen molar-refractivity contribution in [1.82, 2.24) is 0 Å². The van der Waals surface area contributed by atoms with Gasteiger partial charge in [0.25, 0.3) is 0 Å². The molecule has 7 heteroatoms. The molecule has 0 amide bonds. The van der Waals surface area contributed by atoms with Gasteiger partial charge >= 0.3 is 0 Å². The van der Waals surface area contributed by atoms with E-state index in [1.54, 1.807) is 60.4 Å². The maximum absolute atomic E-state index is 13.4. The van der Waals surface area contributed by atoms with Gasteiger partial charge in [-0.25, -0.2) is 8.42 Å².